The van der Waals surface area contributed by atoms with Crippen LogP contribution >= 0.6 is 0 Å². The zero-order chi connectivity index (χ0) is 28.6. The molecule has 0 amide bonds. The van der Waals surface area contributed by atoms with Crippen LogP contribution in [0.3, 0.4) is 0 Å². The first-order valence-electron chi connectivity index (χ1n) is 14.1. The van der Waals surface area contributed by atoms with Crippen LogP contribution in [-0.4, -0.2) is 47.2 Å². The fraction of sp³-hybridized carbons (Fsp3) is 0.625. The molecule has 4 rings (SSSR count). The predicted molar refractivity (Wildman–Crippen MR) is 148 cm³/mol. The van der Waals surface area contributed by atoms with Crippen molar-refractivity contribution in [2.75, 3.05) is 13.1 Å². The first-order chi connectivity index (χ1) is 17.8. The molecule has 2 saturated heterocycles. The number of hydrogen-bond donors (Lipinski definition) is 0. The summed E-state index contributed by atoms with van der Waals surface area (Å²) in [5, 5.41) is 44.4. The van der Waals surface area contributed by atoms with Gasteiger partial charge in [-0.3, -0.25) is 9.80 Å². The van der Waals surface area contributed by atoms with E-state index >= 15 is 0 Å². The Morgan fingerprint density at radius 1 is 0.667 bits per heavy atom. The van der Waals surface area contributed by atoms with E-state index < -0.39 is 12.2 Å². The number of likely N-dealkylation sites (tertiary alicyclic amines) is 2. The van der Waals surface area contributed by atoms with E-state index in [9.17, 15) is 20.4 Å². The van der Waals surface area contributed by atoms with Gasteiger partial charge in [0.1, 0.15) is 0 Å². The molecule has 2 aliphatic heterocycles. The van der Waals surface area contributed by atoms with Crippen molar-refractivity contribution in [3.63, 3.8) is 0 Å². The molecule has 7 heteroatoms. The zero-order valence-corrected chi connectivity index (χ0v) is 28.9. The van der Waals surface area contributed by atoms with Crippen molar-refractivity contribution in [2.24, 2.45) is 0 Å². The van der Waals surface area contributed by atoms with Crippen molar-refractivity contribution in [1.29, 1.82) is 0 Å². The Bertz CT molecular complexity index is 941. The van der Waals surface area contributed by atoms with E-state index in [0.717, 1.165) is 59.6 Å². The first-order valence-corrected chi connectivity index (χ1v) is 14.1. The standard InChI is InChI=1S/C26H36N2O2.2C3H7O.Hf/c1-17-11-19(3)25(29)21(13-17)15-27-9-5-7-23(27)24-8-6-10-28(24)16-22-14-18(2)12-20(4)26(22)30;2*1-3(2)4;/h11-14,23-24,29-30H,5-10,15-16H2,1-4H3;2*3H,1-2H3;/q;2*-1;+4/p-2/t23-,24-;;;/m0.../s1. The summed E-state index contributed by atoms with van der Waals surface area (Å²) in [5.74, 6) is 0.390. The molecule has 0 spiro atoms. The van der Waals surface area contributed by atoms with E-state index in [-0.39, 0.29) is 37.3 Å². The molecule has 0 N–H and O–H groups in total. The van der Waals surface area contributed by atoms with Gasteiger partial charge in [0.05, 0.1) is 0 Å². The van der Waals surface area contributed by atoms with Gasteiger partial charge in [0.25, 0.3) is 0 Å². The number of hydrogen-bond acceptors (Lipinski definition) is 6. The molecule has 2 fully saturated rings. The third-order valence-corrected chi connectivity index (χ3v) is 7.01. The summed E-state index contributed by atoms with van der Waals surface area (Å²) in [4.78, 5) is 5.05. The van der Waals surface area contributed by atoms with Crippen LogP contribution in [0.4, 0.5) is 0 Å². The molecular formula is C32H48HfN2O4. The van der Waals surface area contributed by atoms with Crippen LogP contribution in [-0.2, 0) is 38.9 Å². The van der Waals surface area contributed by atoms with Crippen LogP contribution in [0.25, 0.3) is 0 Å². The Morgan fingerprint density at radius 3 is 1.28 bits per heavy atom. The molecule has 2 aromatic carbocycles. The van der Waals surface area contributed by atoms with Crippen LogP contribution in [0.5, 0.6) is 11.5 Å². The molecule has 0 radical (unpaired) electrons. The van der Waals surface area contributed by atoms with Gasteiger partial charge in [-0.1, -0.05) is 74.2 Å². The van der Waals surface area contributed by atoms with Gasteiger partial charge in [0, 0.05) is 25.2 Å². The molecule has 0 aliphatic carbocycles. The second-order valence-corrected chi connectivity index (χ2v) is 11.6. The van der Waals surface area contributed by atoms with E-state index in [0.29, 0.717) is 12.1 Å². The fourth-order valence-corrected chi connectivity index (χ4v) is 5.73. The van der Waals surface area contributed by atoms with Crippen LogP contribution < -0.4 is 20.4 Å². The van der Waals surface area contributed by atoms with Gasteiger partial charge in [-0.15, -0.1) is 23.7 Å². The maximum absolute atomic E-state index is 12.7. The van der Waals surface area contributed by atoms with Gasteiger partial charge >= 0.3 is 25.8 Å². The van der Waals surface area contributed by atoms with Crippen molar-refractivity contribution in [1.82, 2.24) is 9.80 Å². The minimum absolute atomic E-state index is 0. The molecule has 2 heterocycles. The monoisotopic (exact) mass is 704 g/mol. The van der Waals surface area contributed by atoms with Gasteiger partial charge < -0.3 is 20.4 Å². The molecule has 0 bridgehead atoms. The van der Waals surface area contributed by atoms with Gasteiger partial charge in [0.15, 0.2) is 0 Å². The minimum Gasteiger partial charge on any atom is -0.872 e. The predicted octanol–water partition coefficient (Wildman–Crippen LogP) is 3.20. The van der Waals surface area contributed by atoms with Crippen molar-refractivity contribution in [3.05, 3.63) is 57.6 Å². The van der Waals surface area contributed by atoms with Crippen LogP contribution in [0.1, 0.15) is 86.8 Å². The summed E-state index contributed by atoms with van der Waals surface area (Å²) in [7, 11) is 0. The van der Waals surface area contributed by atoms with Gasteiger partial charge in [-0.25, -0.2) is 0 Å². The number of aryl methyl sites for hydroxylation is 4. The van der Waals surface area contributed by atoms with Crippen molar-refractivity contribution < 1.29 is 46.3 Å². The number of rotatable bonds is 5. The molecular weight excluding hydrogens is 655 g/mol. The summed E-state index contributed by atoms with van der Waals surface area (Å²) in [6.07, 6.45) is 3.89. The van der Waals surface area contributed by atoms with Crippen LogP contribution in [0, 0.1) is 27.7 Å². The Kier molecular flexibility index (Phi) is 15.5. The minimum atomic E-state index is -0.417. The molecule has 39 heavy (non-hydrogen) atoms. The van der Waals surface area contributed by atoms with E-state index in [1.165, 1.54) is 25.7 Å². The summed E-state index contributed by atoms with van der Waals surface area (Å²) in [6.45, 7) is 18.0. The fourth-order valence-electron chi connectivity index (χ4n) is 5.73. The van der Waals surface area contributed by atoms with Gasteiger partial charge in [0.2, 0.25) is 0 Å². The van der Waals surface area contributed by atoms with Crippen molar-refractivity contribution in [2.45, 2.75) is 118 Å². The van der Waals surface area contributed by atoms with Crippen LogP contribution in [0.15, 0.2) is 24.3 Å². The van der Waals surface area contributed by atoms with Gasteiger partial charge in [-0.05, 0) is 77.6 Å². The Balaban J connectivity index is 0.000000748. The normalized spacial score (nSPS) is 19.4. The van der Waals surface area contributed by atoms with Crippen molar-refractivity contribution >= 4 is 0 Å². The average Bonchev–Trinajstić information content (AvgIpc) is 3.43. The van der Waals surface area contributed by atoms with E-state index in [4.69, 9.17) is 0 Å². The summed E-state index contributed by atoms with van der Waals surface area (Å²) >= 11 is 0. The van der Waals surface area contributed by atoms with Crippen molar-refractivity contribution in [3.8, 4) is 11.5 Å². The maximum atomic E-state index is 12.7. The Labute approximate surface area is 255 Å². The SMILES string of the molecule is CC(C)[O-].CC(C)[O-].Cc1cc(C)c([O-])c(CN2CCC[C@H]2[C@@H]2CCCN2Cc2cc(C)cc(C)c2[O-])c1.[Hf+4]. The molecule has 6 nitrogen and oxygen atoms in total. The molecule has 0 unspecified atom stereocenters. The molecule has 214 valence electrons. The zero-order valence-electron chi connectivity index (χ0n) is 25.3. The van der Waals surface area contributed by atoms with Crippen LogP contribution in [0.2, 0.25) is 0 Å². The van der Waals surface area contributed by atoms with Gasteiger partial charge in [-0.2, -0.15) is 0 Å². The third-order valence-electron chi connectivity index (χ3n) is 7.01. The largest absolute Gasteiger partial charge is 4.00 e. The summed E-state index contributed by atoms with van der Waals surface area (Å²) in [5.41, 5.74) is 5.89. The van der Waals surface area contributed by atoms with E-state index in [1.807, 2.05) is 26.0 Å². The second kappa shape index (κ2) is 16.9. The topological polar surface area (TPSA) is 98.7 Å². The first kappa shape index (κ1) is 35.8. The maximum Gasteiger partial charge on any atom is 4.00 e. The molecule has 2 aromatic rings. The third kappa shape index (κ3) is 11.3. The number of benzene rings is 2. The van der Waals surface area contributed by atoms with E-state index in [1.54, 1.807) is 27.7 Å². The summed E-state index contributed by atoms with van der Waals surface area (Å²) < 4.78 is 0. The molecule has 0 saturated carbocycles. The molecule has 2 atom stereocenters. The Morgan fingerprint density at radius 2 is 0.974 bits per heavy atom. The van der Waals surface area contributed by atoms with E-state index in [2.05, 4.69) is 35.8 Å². The smallest absolute Gasteiger partial charge is 0.872 e. The average molecular weight is 703 g/mol. The Hall–Kier alpha value is -1.25. The molecule has 2 aliphatic rings. The second-order valence-electron chi connectivity index (χ2n) is 11.6. The summed E-state index contributed by atoms with van der Waals surface area (Å²) in [6, 6.07) is 9.03. The molecule has 0 aromatic heterocycles. The number of nitrogens with zero attached hydrogens (tertiary/aromatic N) is 2. The quantitative estimate of drug-likeness (QED) is 0.444.